The van der Waals surface area contributed by atoms with Crippen molar-refractivity contribution in [3.8, 4) is 0 Å². The van der Waals surface area contributed by atoms with Gasteiger partial charge in [0, 0.05) is 24.4 Å². The molecule has 0 aromatic heterocycles. The van der Waals surface area contributed by atoms with Crippen LogP contribution >= 0.6 is 12.6 Å². The first kappa shape index (κ1) is 15.1. The summed E-state index contributed by atoms with van der Waals surface area (Å²) in [5, 5.41) is 2.84. The second-order valence-electron chi connectivity index (χ2n) is 3.17. The first-order valence-electron chi connectivity index (χ1n) is 4.83. The number of nitrogens with one attached hydrogen (secondary N) is 2. The van der Waals surface area contributed by atoms with Gasteiger partial charge in [0.25, 0.3) is 0 Å². The Hall–Kier alpha value is -0.920. The van der Waals surface area contributed by atoms with Crippen LogP contribution in [0.4, 0.5) is 0 Å². The number of ether oxygens (including phenoxy) is 1. The van der Waals surface area contributed by atoms with Crippen molar-refractivity contribution >= 4 is 18.6 Å². The van der Waals surface area contributed by atoms with Gasteiger partial charge in [0.2, 0.25) is 0 Å². The van der Waals surface area contributed by atoms with Gasteiger partial charge in [-0.05, 0) is 6.92 Å². The van der Waals surface area contributed by atoms with Crippen molar-refractivity contribution in [2.45, 2.75) is 13.0 Å². The minimum atomic E-state index is -0.615. The van der Waals surface area contributed by atoms with E-state index in [4.69, 9.17) is 4.74 Å². The van der Waals surface area contributed by atoms with E-state index in [0.29, 0.717) is 24.4 Å². The summed E-state index contributed by atoms with van der Waals surface area (Å²) < 4.78 is 4.80. The lowest BCUT2D eigenvalue weighted by atomic mass is 10.3. The van der Waals surface area contributed by atoms with Crippen LogP contribution in [0.1, 0.15) is 6.92 Å². The average molecular weight is 247 g/mol. The monoisotopic (exact) mass is 247 g/mol. The van der Waals surface area contributed by atoms with Crippen molar-refractivity contribution in [2.75, 3.05) is 25.4 Å². The fourth-order valence-corrected chi connectivity index (χ4v) is 0.868. The number of nitrogens with zero attached hydrogens (tertiary/aromatic N) is 1. The first-order valence-corrected chi connectivity index (χ1v) is 5.46. The van der Waals surface area contributed by atoms with Crippen molar-refractivity contribution in [1.82, 2.24) is 10.9 Å². The molecule has 0 aliphatic heterocycles. The molecule has 0 spiro atoms. The van der Waals surface area contributed by atoms with Gasteiger partial charge in [-0.2, -0.15) is 17.5 Å². The van der Waals surface area contributed by atoms with Crippen molar-refractivity contribution in [3.63, 3.8) is 0 Å². The summed E-state index contributed by atoms with van der Waals surface area (Å²) >= 11 is 3.99. The highest BCUT2D eigenvalue weighted by Crippen LogP contribution is 1.96. The van der Waals surface area contributed by atoms with Crippen LogP contribution in [-0.2, 0) is 9.53 Å². The van der Waals surface area contributed by atoms with Crippen LogP contribution in [0, 0.1) is 4.91 Å². The van der Waals surface area contributed by atoms with E-state index in [2.05, 4.69) is 35.2 Å². The lowest BCUT2D eigenvalue weighted by Gasteiger charge is -2.11. The second kappa shape index (κ2) is 9.32. The summed E-state index contributed by atoms with van der Waals surface area (Å²) in [6.07, 6.45) is 0. The molecular weight excluding hydrogens is 230 g/mol. The van der Waals surface area contributed by atoms with Crippen LogP contribution in [-0.4, -0.2) is 37.5 Å². The summed E-state index contributed by atoms with van der Waals surface area (Å²) in [7, 11) is 0. The number of carbonyl (C=O) groups excluding carboxylic acids is 1. The van der Waals surface area contributed by atoms with E-state index in [1.807, 2.05) is 0 Å². The molecule has 0 rings (SSSR count). The molecule has 0 aliphatic rings. The lowest BCUT2D eigenvalue weighted by Crippen LogP contribution is -2.40. The molecule has 1 atom stereocenters. The van der Waals surface area contributed by atoms with E-state index >= 15 is 0 Å². The summed E-state index contributed by atoms with van der Waals surface area (Å²) in [5.74, 6) is 0.161. The van der Waals surface area contributed by atoms with Crippen molar-refractivity contribution < 1.29 is 9.53 Å². The predicted octanol–water partition coefficient (Wildman–Crippen LogP) is 0.265. The van der Waals surface area contributed by atoms with Crippen LogP contribution in [0.15, 0.2) is 17.3 Å². The smallest absolute Gasteiger partial charge is 0.333 e. The predicted molar refractivity (Wildman–Crippen MR) is 65.2 cm³/mol. The Morgan fingerprint density at radius 2 is 2.25 bits per heavy atom. The Kier molecular flexibility index (Phi) is 8.78. The molecule has 6 nitrogen and oxygen atoms in total. The van der Waals surface area contributed by atoms with Gasteiger partial charge in [0.05, 0.1) is 0 Å². The van der Waals surface area contributed by atoms with E-state index < -0.39 is 12.0 Å². The highest BCUT2D eigenvalue weighted by Gasteiger charge is 2.12. The number of hydrogen-bond donors (Lipinski definition) is 3. The molecule has 0 saturated heterocycles. The van der Waals surface area contributed by atoms with Crippen LogP contribution < -0.4 is 10.9 Å². The molecule has 0 radical (unpaired) electrons. The zero-order valence-electron chi connectivity index (χ0n) is 9.23. The lowest BCUT2D eigenvalue weighted by molar-refractivity contribution is -0.139. The Labute approximate surface area is 100 Å². The molecule has 0 bridgehead atoms. The molecule has 7 heteroatoms. The van der Waals surface area contributed by atoms with Crippen molar-refractivity contribution in [2.24, 2.45) is 5.18 Å². The molecule has 0 saturated carbocycles. The second-order valence-corrected chi connectivity index (χ2v) is 3.62. The van der Waals surface area contributed by atoms with Crippen LogP contribution in [0.25, 0.3) is 0 Å². The van der Waals surface area contributed by atoms with Gasteiger partial charge >= 0.3 is 5.97 Å². The van der Waals surface area contributed by atoms with E-state index in [9.17, 15) is 9.70 Å². The molecule has 0 amide bonds. The Morgan fingerprint density at radius 3 is 2.75 bits per heavy atom. The van der Waals surface area contributed by atoms with E-state index in [0.717, 1.165) is 0 Å². The zero-order valence-corrected chi connectivity index (χ0v) is 10.1. The Bertz CT molecular complexity index is 248. The minimum Gasteiger partial charge on any atom is -0.460 e. The van der Waals surface area contributed by atoms with Crippen LogP contribution in [0.3, 0.4) is 0 Å². The summed E-state index contributed by atoms with van der Waals surface area (Å²) in [6.45, 7) is 5.87. The first-order chi connectivity index (χ1) is 7.61. The van der Waals surface area contributed by atoms with Gasteiger partial charge in [0.15, 0.2) is 0 Å². The normalized spacial score (nSPS) is 11.9. The zero-order chi connectivity index (χ0) is 12.4. The molecule has 1 unspecified atom stereocenters. The highest BCUT2D eigenvalue weighted by molar-refractivity contribution is 7.80. The van der Waals surface area contributed by atoms with Gasteiger partial charge in [0.1, 0.15) is 12.6 Å². The number of hydrogen-bond acceptors (Lipinski definition) is 7. The topological polar surface area (TPSA) is 79.8 Å². The van der Waals surface area contributed by atoms with E-state index in [-0.39, 0.29) is 6.61 Å². The molecule has 0 aromatic carbocycles. The van der Waals surface area contributed by atoms with E-state index in [1.165, 1.54) is 6.92 Å². The van der Waals surface area contributed by atoms with Crippen molar-refractivity contribution in [3.05, 3.63) is 17.1 Å². The third kappa shape index (κ3) is 7.38. The Morgan fingerprint density at radius 1 is 1.56 bits per heavy atom. The number of rotatable bonds is 9. The third-order valence-electron chi connectivity index (χ3n) is 1.60. The van der Waals surface area contributed by atoms with Crippen LogP contribution in [0.5, 0.6) is 0 Å². The summed E-state index contributed by atoms with van der Waals surface area (Å²) in [6, 6.07) is -0.615. The van der Waals surface area contributed by atoms with Gasteiger partial charge in [-0.25, -0.2) is 4.79 Å². The molecule has 0 heterocycles. The Balaban J connectivity index is 3.70. The summed E-state index contributed by atoms with van der Waals surface area (Å²) in [4.78, 5) is 21.4. The molecule has 92 valence electrons. The average Bonchev–Trinajstić information content (AvgIpc) is 2.27. The molecule has 16 heavy (non-hydrogen) atoms. The summed E-state index contributed by atoms with van der Waals surface area (Å²) in [5.41, 5.74) is 5.91. The number of carbonyl (C=O) groups is 1. The number of esters is 1. The molecule has 0 aliphatic carbocycles. The maximum Gasteiger partial charge on any atom is 0.333 e. The maximum absolute atomic E-state index is 11.0. The molecular formula is C9H17N3O3S. The number of nitroso groups, excluding NO2 is 1. The van der Waals surface area contributed by atoms with Gasteiger partial charge in [-0.1, -0.05) is 11.8 Å². The molecule has 0 fully saturated rings. The molecule has 2 N–H and O–H groups in total. The number of hydrazine groups is 1. The SMILES string of the molecule is C=C(C)C(=O)OCC(CNNCCS)N=O. The maximum atomic E-state index is 11.0. The fraction of sp³-hybridized carbons (Fsp3) is 0.667. The van der Waals surface area contributed by atoms with Gasteiger partial charge in [-0.15, -0.1) is 0 Å². The highest BCUT2D eigenvalue weighted by atomic mass is 32.1. The van der Waals surface area contributed by atoms with Gasteiger partial charge < -0.3 is 4.74 Å². The van der Waals surface area contributed by atoms with E-state index in [1.54, 1.807) is 0 Å². The van der Waals surface area contributed by atoms with Crippen LogP contribution in [0.2, 0.25) is 0 Å². The molecule has 0 aromatic rings. The fourth-order valence-electron chi connectivity index (χ4n) is 0.756. The minimum absolute atomic E-state index is 0.0508. The van der Waals surface area contributed by atoms with Crippen molar-refractivity contribution in [1.29, 1.82) is 0 Å². The number of thiol groups is 1. The van der Waals surface area contributed by atoms with Gasteiger partial charge in [-0.3, -0.25) is 10.9 Å². The quantitative estimate of drug-likeness (QED) is 0.136. The largest absolute Gasteiger partial charge is 0.460 e. The standard InChI is InChI=1S/C9H17N3O3S/c1-7(2)9(13)15-6-8(12-14)5-11-10-3-4-16/h8,10-11,16H,1,3-6H2,2H3. The third-order valence-corrected chi connectivity index (χ3v) is 1.83.